The van der Waals surface area contributed by atoms with Crippen LogP contribution in [0.15, 0.2) is 31.0 Å². The summed E-state index contributed by atoms with van der Waals surface area (Å²) in [7, 11) is 0. The standard InChI is InChI=1S/C13H17N3O3/c1-3-7-16(4-2)13(19)15-9-11-8-10(12(17)18)5-6-14-11/h3,5-6,8H,1,4,7,9H2,2H3,(H,15,19)(H,17,18). The Morgan fingerprint density at radius 3 is 2.89 bits per heavy atom. The first-order valence-corrected chi connectivity index (χ1v) is 5.90. The lowest BCUT2D eigenvalue weighted by Crippen LogP contribution is -2.39. The number of urea groups is 1. The lowest BCUT2D eigenvalue weighted by atomic mass is 10.2. The summed E-state index contributed by atoms with van der Waals surface area (Å²) < 4.78 is 0. The summed E-state index contributed by atoms with van der Waals surface area (Å²) >= 11 is 0. The second-order valence-electron chi connectivity index (χ2n) is 3.83. The zero-order chi connectivity index (χ0) is 14.3. The van der Waals surface area contributed by atoms with Gasteiger partial charge in [0.05, 0.1) is 17.8 Å². The van der Waals surface area contributed by atoms with Gasteiger partial charge in [0.2, 0.25) is 0 Å². The Bertz CT molecular complexity index is 474. The van der Waals surface area contributed by atoms with Gasteiger partial charge in [0.25, 0.3) is 0 Å². The van der Waals surface area contributed by atoms with E-state index in [-0.39, 0.29) is 18.1 Å². The first-order valence-electron chi connectivity index (χ1n) is 5.90. The Labute approximate surface area is 111 Å². The molecule has 0 aromatic carbocycles. The van der Waals surface area contributed by atoms with E-state index >= 15 is 0 Å². The number of rotatable bonds is 6. The molecule has 1 rings (SSSR count). The van der Waals surface area contributed by atoms with Crippen molar-refractivity contribution in [3.05, 3.63) is 42.2 Å². The zero-order valence-corrected chi connectivity index (χ0v) is 10.8. The van der Waals surface area contributed by atoms with E-state index in [1.807, 2.05) is 6.92 Å². The molecule has 6 heteroatoms. The van der Waals surface area contributed by atoms with Crippen LogP contribution < -0.4 is 5.32 Å². The minimum Gasteiger partial charge on any atom is -0.478 e. The average molecular weight is 263 g/mol. The van der Waals surface area contributed by atoms with Crippen molar-refractivity contribution in [2.75, 3.05) is 13.1 Å². The van der Waals surface area contributed by atoms with Gasteiger partial charge in [-0.3, -0.25) is 4.98 Å². The topological polar surface area (TPSA) is 82.5 Å². The van der Waals surface area contributed by atoms with Gasteiger partial charge in [-0.1, -0.05) is 6.08 Å². The molecule has 102 valence electrons. The van der Waals surface area contributed by atoms with Gasteiger partial charge in [0, 0.05) is 19.3 Å². The van der Waals surface area contributed by atoms with E-state index in [2.05, 4.69) is 16.9 Å². The van der Waals surface area contributed by atoms with Crippen LogP contribution >= 0.6 is 0 Å². The highest BCUT2D eigenvalue weighted by atomic mass is 16.4. The molecule has 0 saturated heterocycles. The lowest BCUT2D eigenvalue weighted by Gasteiger charge is -2.19. The van der Waals surface area contributed by atoms with Gasteiger partial charge in [0.1, 0.15) is 0 Å². The second kappa shape index (κ2) is 7.15. The minimum atomic E-state index is -1.02. The SMILES string of the molecule is C=CCN(CC)C(=O)NCc1cc(C(=O)O)ccn1. The molecular formula is C13H17N3O3. The van der Waals surface area contributed by atoms with Crippen molar-refractivity contribution in [2.24, 2.45) is 0 Å². The number of likely N-dealkylation sites (N-methyl/N-ethyl adjacent to an activating group) is 1. The highest BCUT2D eigenvalue weighted by Gasteiger charge is 2.10. The van der Waals surface area contributed by atoms with Crippen LogP contribution in [0.4, 0.5) is 4.79 Å². The van der Waals surface area contributed by atoms with Crippen LogP contribution in [0, 0.1) is 0 Å². The van der Waals surface area contributed by atoms with Crippen LogP contribution in [0.2, 0.25) is 0 Å². The Balaban J connectivity index is 2.61. The summed E-state index contributed by atoms with van der Waals surface area (Å²) in [5, 5.41) is 11.5. The molecule has 1 heterocycles. The monoisotopic (exact) mass is 263 g/mol. The predicted molar refractivity (Wildman–Crippen MR) is 70.9 cm³/mol. The number of amides is 2. The van der Waals surface area contributed by atoms with Crippen LogP contribution in [0.5, 0.6) is 0 Å². The van der Waals surface area contributed by atoms with Crippen molar-refractivity contribution < 1.29 is 14.7 Å². The van der Waals surface area contributed by atoms with E-state index in [9.17, 15) is 9.59 Å². The molecule has 0 aliphatic rings. The fraction of sp³-hybridized carbons (Fsp3) is 0.308. The highest BCUT2D eigenvalue weighted by molar-refractivity contribution is 5.87. The number of carboxylic acids is 1. The number of nitrogens with zero attached hydrogens (tertiary/aromatic N) is 2. The highest BCUT2D eigenvalue weighted by Crippen LogP contribution is 2.02. The van der Waals surface area contributed by atoms with Crippen LogP contribution in [0.25, 0.3) is 0 Å². The van der Waals surface area contributed by atoms with Crippen molar-refractivity contribution in [1.29, 1.82) is 0 Å². The van der Waals surface area contributed by atoms with E-state index in [1.165, 1.54) is 18.3 Å². The number of aromatic carboxylic acids is 1. The fourth-order valence-electron chi connectivity index (χ4n) is 1.50. The minimum absolute atomic E-state index is 0.151. The molecule has 0 fully saturated rings. The smallest absolute Gasteiger partial charge is 0.335 e. The average Bonchev–Trinajstić information content (AvgIpc) is 2.42. The third-order valence-electron chi connectivity index (χ3n) is 2.50. The van der Waals surface area contributed by atoms with E-state index in [1.54, 1.807) is 11.0 Å². The van der Waals surface area contributed by atoms with E-state index in [0.717, 1.165) is 0 Å². The Kier molecular flexibility index (Phi) is 5.53. The van der Waals surface area contributed by atoms with Crippen molar-refractivity contribution in [3.63, 3.8) is 0 Å². The maximum atomic E-state index is 11.8. The molecule has 2 amide bonds. The number of nitrogens with one attached hydrogen (secondary N) is 1. The number of aromatic nitrogens is 1. The van der Waals surface area contributed by atoms with Crippen LogP contribution in [0.3, 0.4) is 0 Å². The molecule has 0 saturated carbocycles. The van der Waals surface area contributed by atoms with Gasteiger partial charge in [-0.2, -0.15) is 0 Å². The van der Waals surface area contributed by atoms with Crippen molar-refractivity contribution in [2.45, 2.75) is 13.5 Å². The molecule has 0 atom stereocenters. The van der Waals surface area contributed by atoms with Gasteiger partial charge in [-0.25, -0.2) is 9.59 Å². The quantitative estimate of drug-likeness (QED) is 0.762. The van der Waals surface area contributed by atoms with Crippen LogP contribution in [-0.2, 0) is 6.54 Å². The molecule has 1 aromatic rings. The maximum absolute atomic E-state index is 11.8. The van der Waals surface area contributed by atoms with Crippen molar-refractivity contribution >= 4 is 12.0 Å². The summed E-state index contributed by atoms with van der Waals surface area (Å²) in [5.74, 6) is -1.02. The number of hydrogen-bond donors (Lipinski definition) is 2. The molecular weight excluding hydrogens is 246 g/mol. The van der Waals surface area contributed by atoms with Crippen LogP contribution in [0.1, 0.15) is 23.0 Å². The number of carbonyl (C=O) groups excluding carboxylic acids is 1. The number of carbonyl (C=O) groups is 2. The zero-order valence-electron chi connectivity index (χ0n) is 10.8. The molecule has 2 N–H and O–H groups in total. The first kappa shape index (κ1) is 14.7. The first-order chi connectivity index (χ1) is 9.08. The summed E-state index contributed by atoms with van der Waals surface area (Å²) in [6.45, 7) is 6.67. The Morgan fingerprint density at radius 1 is 1.58 bits per heavy atom. The normalized spacial score (nSPS) is 9.74. The predicted octanol–water partition coefficient (Wildman–Crippen LogP) is 1.50. The number of pyridine rings is 1. The largest absolute Gasteiger partial charge is 0.478 e. The second-order valence-corrected chi connectivity index (χ2v) is 3.83. The number of hydrogen-bond acceptors (Lipinski definition) is 3. The third-order valence-corrected chi connectivity index (χ3v) is 2.50. The van der Waals surface area contributed by atoms with Gasteiger partial charge >= 0.3 is 12.0 Å². The van der Waals surface area contributed by atoms with Crippen molar-refractivity contribution in [1.82, 2.24) is 15.2 Å². The summed E-state index contributed by atoms with van der Waals surface area (Å²) in [6, 6.07) is 2.61. The van der Waals surface area contributed by atoms with Gasteiger partial charge in [0.15, 0.2) is 0 Å². The number of carboxylic acid groups (broad SMARTS) is 1. The molecule has 0 unspecified atom stereocenters. The summed E-state index contributed by atoms with van der Waals surface area (Å²) in [5.41, 5.74) is 0.653. The Hall–Kier alpha value is -2.37. The van der Waals surface area contributed by atoms with Crippen LogP contribution in [-0.4, -0.2) is 40.1 Å². The van der Waals surface area contributed by atoms with Gasteiger partial charge in [-0.05, 0) is 19.1 Å². The molecule has 0 radical (unpaired) electrons. The van der Waals surface area contributed by atoms with E-state index in [0.29, 0.717) is 18.8 Å². The third kappa shape index (κ3) is 4.42. The molecule has 0 aliphatic heterocycles. The molecule has 1 aromatic heterocycles. The molecule has 6 nitrogen and oxygen atoms in total. The Morgan fingerprint density at radius 2 is 2.32 bits per heavy atom. The summed E-state index contributed by atoms with van der Waals surface area (Å²) in [4.78, 5) is 28.2. The van der Waals surface area contributed by atoms with Crippen molar-refractivity contribution in [3.8, 4) is 0 Å². The molecule has 0 aliphatic carbocycles. The summed E-state index contributed by atoms with van der Waals surface area (Å²) in [6.07, 6.45) is 3.05. The molecule has 19 heavy (non-hydrogen) atoms. The van der Waals surface area contributed by atoms with E-state index in [4.69, 9.17) is 5.11 Å². The van der Waals surface area contributed by atoms with E-state index < -0.39 is 5.97 Å². The lowest BCUT2D eigenvalue weighted by molar-refractivity contribution is 0.0696. The maximum Gasteiger partial charge on any atom is 0.335 e. The van der Waals surface area contributed by atoms with Gasteiger partial charge in [-0.15, -0.1) is 6.58 Å². The fourth-order valence-corrected chi connectivity index (χ4v) is 1.50. The molecule has 0 spiro atoms. The van der Waals surface area contributed by atoms with Gasteiger partial charge < -0.3 is 15.3 Å². The molecule has 0 bridgehead atoms.